The van der Waals surface area contributed by atoms with E-state index < -0.39 is 11.9 Å². The number of hydrogen-bond acceptors (Lipinski definition) is 3. The molecule has 5 heteroatoms. The normalized spacial score (nSPS) is 22.6. The molecule has 1 aromatic rings. The van der Waals surface area contributed by atoms with Gasteiger partial charge in [0.1, 0.15) is 0 Å². The first-order chi connectivity index (χ1) is 10.6. The van der Waals surface area contributed by atoms with Crippen LogP contribution in [0, 0.1) is 11.7 Å². The van der Waals surface area contributed by atoms with Gasteiger partial charge in [-0.2, -0.15) is 0 Å². The van der Waals surface area contributed by atoms with E-state index in [9.17, 15) is 9.18 Å². The summed E-state index contributed by atoms with van der Waals surface area (Å²) >= 11 is 0. The van der Waals surface area contributed by atoms with E-state index in [1.807, 2.05) is 0 Å². The van der Waals surface area contributed by atoms with Gasteiger partial charge >= 0.3 is 0 Å². The molecular weight excluding hydrogens is 285 g/mol. The van der Waals surface area contributed by atoms with Gasteiger partial charge in [-0.05, 0) is 44.2 Å². The molecule has 1 saturated heterocycles. The van der Waals surface area contributed by atoms with Crippen molar-refractivity contribution >= 4 is 5.91 Å². The highest BCUT2D eigenvalue weighted by Crippen LogP contribution is 2.30. The van der Waals surface area contributed by atoms with Crippen LogP contribution in [0.25, 0.3) is 0 Å². The van der Waals surface area contributed by atoms with Crippen LogP contribution >= 0.6 is 0 Å². The van der Waals surface area contributed by atoms with Gasteiger partial charge in [-0.25, -0.2) is 4.39 Å². The molecule has 3 rings (SSSR count). The van der Waals surface area contributed by atoms with Crippen molar-refractivity contribution in [3.05, 3.63) is 30.1 Å². The van der Waals surface area contributed by atoms with Gasteiger partial charge in [0.25, 0.3) is 5.91 Å². The molecule has 1 aromatic carbocycles. The van der Waals surface area contributed by atoms with Crippen LogP contribution in [-0.2, 0) is 9.53 Å². The van der Waals surface area contributed by atoms with Crippen LogP contribution in [0.2, 0.25) is 0 Å². The van der Waals surface area contributed by atoms with Crippen LogP contribution in [-0.4, -0.2) is 42.7 Å². The zero-order valence-corrected chi connectivity index (χ0v) is 12.8. The van der Waals surface area contributed by atoms with Crippen LogP contribution in [0.5, 0.6) is 5.75 Å². The maximum absolute atomic E-state index is 13.6. The van der Waals surface area contributed by atoms with E-state index in [0.717, 1.165) is 18.9 Å². The molecule has 0 unspecified atom stereocenters. The Morgan fingerprint density at radius 3 is 2.86 bits per heavy atom. The van der Waals surface area contributed by atoms with Crippen LogP contribution in [0.1, 0.15) is 26.2 Å². The molecule has 0 spiro atoms. The first kappa shape index (κ1) is 15.3. The number of para-hydroxylation sites is 1. The number of hydrogen-bond donors (Lipinski definition) is 0. The fourth-order valence-electron chi connectivity index (χ4n) is 2.66. The van der Waals surface area contributed by atoms with Crippen molar-refractivity contribution in [3.8, 4) is 5.75 Å². The lowest BCUT2D eigenvalue weighted by atomic mass is 10.3. The molecule has 2 atom stereocenters. The SMILES string of the molecule is C[C@@H](Oc1ccccc1F)C(=O)N1CC[C@@H](OCC2CC2)C1. The largest absolute Gasteiger partial charge is 0.478 e. The molecule has 1 amide bonds. The minimum Gasteiger partial charge on any atom is -0.478 e. The third kappa shape index (κ3) is 3.77. The number of rotatable bonds is 6. The molecule has 0 bridgehead atoms. The molecule has 120 valence electrons. The average molecular weight is 307 g/mol. The van der Waals surface area contributed by atoms with Crippen LogP contribution in [0.4, 0.5) is 4.39 Å². The predicted octanol–water partition coefficient (Wildman–Crippen LogP) is 2.62. The summed E-state index contributed by atoms with van der Waals surface area (Å²) in [4.78, 5) is 14.1. The summed E-state index contributed by atoms with van der Waals surface area (Å²) in [6.07, 6.45) is 2.83. The Labute approximate surface area is 130 Å². The van der Waals surface area contributed by atoms with Crippen molar-refractivity contribution in [2.75, 3.05) is 19.7 Å². The van der Waals surface area contributed by atoms with Crippen molar-refractivity contribution in [3.63, 3.8) is 0 Å². The van der Waals surface area contributed by atoms with Gasteiger partial charge in [0.15, 0.2) is 17.7 Å². The van der Waals surface area contributed by atoms with Gasteiger partial charge in [0.2, 0.25) is 0 Å². The van der Waals surface area contributed by atoms with Gasteiger partial charge in [0.05, 0.1) is 6.10 Å². The Morgan fingerprint density at radius 2 is 2.14 bits per heavy atom. The van der Waals surface area contributed by atoms with E-state index in [1.54, 1.807) is 24.0 Å². The Bertz CT molecular complexity index is 532. The van der Waals surface area contributed by atoms with Crippen molar-refractivity contribution in [2.24, 2.45) is 5.92 Å². The number of benzene rings is 1. The molecule has 0 radical (unpaired) electrons. The van der Waals surface area contributed by atoms with Crippen LogP contribution < -0.4 is 4.74 Å². The Kier molecular flexibility index (Phi) is 4.62. The summed E-state index contributed by atoms with van der Waals surface area (Å²) in [5, 5.41) is 0. The average Bonchev–Trinajstić information content (AvgIpc) is 3.23. The molecule has 0 N–H and O–H groups in total. The molecule has 2 fully saturated rings. The summed E-state index contributed by atoms with van der Waals surface area (Å²) in [6, 6.07) is 6.14. The van der Waals surface area contributed by atoms with E-state index in [4.69, 9.17) is 9.47 Å². The van der Waals surface area contributed by atoms with E-state index >= 15 is 0 Å². The van der Waals surface area contributed by atoms with E-state index in [0.29, 0.717) is 13.1 Å². The summed E-state index contributed by atoms with van der Waals surface area (Å²) in [7, 11) is 0. The Hall–Kier alpha value is -1.62. The second-order valence-corrected chi connectivity index (χ2v) is 6.16. The minimum absolute atomic E-state index is 0.110. The van der Waals surface area contributed by atoms with Gasteiger partial charge < -0.3 is 14.4 Å². The molecule has 1 heterocycles. The summed E-state index contributed by atoms with van der Waals surface area (Å²) in [5.41, 5.74) is 0. The lowest BCUT2D eigenvalue weighted by molar-refractivity contribution is -0.137. The first-order valence-corrected chi connectivity index (χ1v) is 7.95. The Balaban J connectivity index is 1.49. The highest BCUT2D eigenvalue weighted by atomic mass is 19.1. The lowest BCUT2D eigenvalue weighted by Gasteiger charge is -2.22. The molecule has 0 aromatic heterocycles. The molecule has 1 saturated carbocycles. The number of carbonyl (C=O) groups is 1. The topological polar surface area (TPSA) is 38.8 Å². The fourth-order valence-corrected chi connectivity index (χ4v) is 2.66. The van der Waals surface area contributed by atoms with Crippen molar-refractivity contribution in [2.45, 2.75) is 38.4 Å². The second-order valence-electron chi connectivity index (χ2n) is 6.16. The number of carbonyl (C=O) groups excluding carboxylic acids is 1. The summed E-state index contributed by atoms with van der Waals surface area (Å²) in [6.45, 7) is 3.76. The summed E-state index contributed by atoms with van der Waals surface area (Å²) in [5.74, 6) is 0.284. The molecule has 22 heavy (non-hydrogen) atoms. The molecule has 2 aliphatic rings. The highest BCUT2D eigenvalue weighted by molar-refractivity contribution is 5.81. The molecular formula is C17H22FNO3. The van der Waals surface area contributed by atoms with Crippen molar-refractivity contribution in [1.29, 1.82) is 0 Å². The number of likely N-dealkylation sites (tertiary alicyclic amines) is 1. The zero-order chi connectivity index (χ0) is 15.5. The van der Waals surface area contributed by atoms with Crippen molar-refractivity contribution in [1.82, 2.24) is 4.90 Å². The van der Waals surface area contributed by atoms with Gasteiger partial charge in [0, 0.05) is 19.7 Å². The minimum atomic E-state index is -0.695. The maximum Gasteiger partial charge on any atom is 0.263 e. The molecule has 4 nitrogen and oxygen atoms in total. The standard InChI is InChI=1S/C17H22FNO3/c1-12(22-16-5-3-2-4-15(16)18)17(20)19-9-8-14(10-19)21-11-13-6-7-13/h2-5,12-14H,6-11H2,1H3/t12-,14-/m1/s1. The smallest absolute Gasteiger partial charge is 0.263 e. The van der Waals surface area contributed by atoms with Gasteiger partial charge in [-0.3, -0.25) is 4.79 Å². The number of halogens is 1. The van der Waals surface area contributed by atoms with Crippen LogP contribution in [0.15, 0.2) is 24.3 Å². The molecule has 1 aliphatic heterocycles. The predicted molar refractivity (Wildman–Crippen MR) is 80.2 cm³/mol. The number of amides is 1. The Morgan fingerprint density at radius 1 is 1.36 bits per heavy atom. The fraction of sp³-hybridized carbons (Fsp3) is 0.588. The van der Waals surface area contributed by atoms with Gasteiger partial charge in [-0.15, -0.1) is 0 Å². The van der Waals surface area contributed by atoms with Gasteiger partial charge in [-0.1, -0.05) is 12.1 Å². The molecule has 1 aliphatic carbocycles. The maximum atomic E-state index is 13.6. The zero-order valence-electron chi connectivity index (χ0n) is 12.8. The number of ether oxygens (including phenoxy) is 2. The summed E-state index contributed by atoms with van der Waals surface area (Å²) < 4.78 is 24.9. The third-order valence-electron chi connectivity index (χ3n) is 4.21. The van der Waals surface area contributed by atoms with E-state index in [-0.39, 0.29) is 17.8 Å². The van der Waals surface area contributed by atoms with E-state index in [1.165, 1.54) is 25.0 Å². The first-order valence-electron chi connectivity index (χ1n) is 7.95. The lowest BCUT2D eigenvalue weighted by Crippen LogP contribution is -2.39. The van der Waals surface area contributed by atoms with E-state index in [2.05, 4.69) is 0 Å². The van der Waals surface area contributed by atoms with Crippen LogP contribution in [0.3, 0.4) is 0 Å². The monoisotopic (exact) mass is 307 g/mol. The van der Waals surface area contributed by atoms with Crippen molar-refractivity contribution < 1.29 is 18.7 Å². The highest BCUT2D eigenvalue weighted by Gasteiger charge is 2.32. The second kappa shape index (κ2) is 6.65. The quantitative estimate of drug-likeness (QED) is 0.811. The third-order valence-corrected chi connectivity index (χ3v) is 4.21. The number of nitrogens with zero attached hydrogens (tertiary/aromatic N) is 1.